The molecule has 0 atom stereocenters. The van der Waals surface area contributed by atoms with Crippen LogP contribution in [-0.4, -0.2) is 32.0 Å². The Balaban J connectivity index is 1.59. The molecule has 0 saturated heterocycles. The standard InChI is InChI=1S/C22H21N5O2/c1-16-14-24-26(15-16)13-7-12-23-21(28)20-18-10-5-6-11-19(18)22(29)27(25-20)17-8-3-2-4-9-17/h2-6,8-11,14-15H,7,12-13H2,1H3,(H,23,28). The molecule has 4 aromatic rings. The van der Waals surface area contributed by atoms with E-state index in [1.165, 1.54) is 4.68 Å². The van der Waals surface area contributed by atoms with Crippen molar-refractivity contribution < 1.29 is 4.79 Å². The number of nitrogens with zero attached hydrogens (tertiary/aromatic N) is 4. The van der Waals surface area contributed by atoms with Crippen LogP contribution in [0.2, 0.25) is 0 Å². The van der Waals surface area contributed by atoms with E-state index in [2.05, 4.69) is 15.5 Å². The van der Waals surface area contributed by atoms with Gasteiger partial charge in [0.25, 0.3) is 11.5 Å². The molecule has 0 spiro atoms. The van der Waals surface area contributed by atoms with Crippen LogP contribution in [-0.2, 0) is 6.54 Å². The number of carbonyl (C=O) groups is 1. The second kappa shape index (κ2) is 8.10. The van der Waals surface area contributed by atoms with Crippen molar-refractivity contribution in [2.45, 2.75) is 19.9 Å². The fourth-order valence-electron chi connectivity index (χ4n) is 3.22. The molecule has 29 heavy (non-hydrogen) atoms. The van der Waals surface area contributed by atoms with Crippen LogP contribution in [0.1, 0.15) is 22.5 Å². The normalized spacial score (nSPS) is 10.9. The number of aryl methyl sites for hydroxylation is 2. The summed E-state index contributed by atoms with van der Waals surface area (Å²) in [6, 6.07) is 16.2. The molecule has 0 unspecified atom stereocenters. The highest BCUT2D eigenvalue weighted by Gasteiger charge is 2.17. The van der Waals surface area contributed by atoms with Crippen LogP contribution >= 0.6 is 0 Å². The van der Waals surface area contributed by atoms with Gasteiger partial charge in [0, 0.05) is 24.7 Å². The van der Waals surface area contributed by atoms with Gasteiger partial charge in [-0.05, 0) is 37.1 Å². The summed E-state index contributed by atoms with van der Waals surface area (Å²) in [6.45, 7) is 3.19. The fourth-order valence-corrected chi connectivity index (χ4v) is 3.22. The van der Waals surface area contributed by atoms with E-state index in [-0.39, 0.29) is 17.2 Å². The summed E-state index contributed by atoms with van der Waals surface area (Å²) in [5, 5.41) is 12.5. The first-order valence-corrected chi connectivity index (χ1v) is 9.48. The van der Waals surface area contributed by atoms with Gasteiger partial charge >= 0.3 is 0 Å². The molecule has 2 heterocycles. The lowest BCUT2D eigenvalue weighted by Crippen LogP contribution is -2.30. The average molecular weight is 387 g/mol. The molecule has 0 aliphatic heterocycles. The van der Waals surface area contributed by atoms with E-state index in [0.717, 1.165) is 12.0 Å². The third kappa shape index (κ3) is 3.94. The molecule has 7 heteroatoms. The van der Waals surface area contributed by atoms with Crippen LogP contribution in [0.3, 0.4) is 0 Å². The Bertz CT molecular complexity index is 1210. The lowest BCUT2D eigenvalue weighted by molar-refractivity contribution is 0.0948. The number of hydrogen-bond donors (Lipinski definition) is 1. The summed E-state index contributed by atoms with van der Waals surface area (Å²) in [6.07, 6.45) is 4.51. The van der Waals surface area contributed by atoms with Crippen molar-refractivity contribution in [3.05, 3.63) is 88.6 Å². The van der Waals surface area contributed by atoms with Gasteiger partial charge in [-0.3, -0.25) is 14.3 Å². The molecule has 0 aliphatic carbocycles. The quantitative estimate of drug-likeness (QED) is 0.516. The molecule has 7 nitrogen and oxygen atoms in total. The van der Waals surface area contributed by atoms with Crippen molar-refractivity contribution in [1.29, 1.82) is 0 Å². The molecule has 2 aromatic heterocycles. The number of hydrogen-bond acceptors (Lipinski definition) is 4. The summed E-state index contributed by atoms with van der Waals surface area (Å²) in [5.74, 6) is -0.303. The van der Waals surface area contributed by atoms with Crippen molar-refractivity contribution in [2.24, 2.45) is 0 Å². The molecule has 1 N–H and O–H groups in total. The van der Waals surface area contributed by atoms with Crippen molar-refractivity contribution >= 4 is 16.7 Å². The van der Waals surface area contributed by atoms with Crippen molar-refractivity contribution in [2.75, 3.05) is 6.54 Å². The van der Waals surface area contributed by atoms with Gasteiger partial charge in [0.2, 0.25) is 0 Å². The van der Waals surface area contributed by atoms with Gasteiger partial charge in [0.05, 0.1) is 17.3 Å². The highest BCUT2D eigenvalue weighted by atomic mass is 16.2. The van der Waals surface area contributed by atoms with E-state index in [0.29, 0.717) is 29.5 Å². The van der Waals surface area contributed by atoms with E-state index in [4.69, 9.17) is 0 Å². The molecule has 0 aliphatic rings. The first kappa shape index (κ1) is 18.6. The minimum Gasteiger partial charge on any atom is -0.351 e. The molecule has 0 saturated carbocycles. The van der Waals surface area contributed by atoms with Crippen LogP contribution in [0.4, 0.5) is 0 Å². The van der Waals surface area contributed by atoms with Crippen LogP contribution in [0.15, 0.2) is 71.8 Å². The highest BCUT2D eigenvalue weighted by Crippen LogP contribution is 2.15. The smallest absolute Gasteiger partial charge is 0.279 e. The predicted octanol–water partition coefficient (Wildman–Crippen LogP) is 2.71. The Hall–Kier alpha value is -3.74. The van der Waals surface area contributed by atoms with Gasteiger partial charge in [-0.1, -0.05) is 36.4 Å². The van der Waals surface area contributed by atoms with Crippen LogP contribution in [0.25, 0.3) is 16.5 Å². The third-order valence-electron chi connectivity index (χ3n) is 4.63. The zero-order chi connectivity index (χ0) is 20.2. The maximum absolute atomic E-state index is 12.9. The largest absolute Gasteiger partial charge is 0.351 e. The summed E-state index contributed by atoms with van der Waals surface area (Å²) in [4.78, 5) is 25.7. The maximum atomic E-state index is 12.9. The second-order valence-corrected chi connectivity index (χ2v) is 6.84. The Morgan fingerprint density at radius 1 is 1.03 bits per heavy atom. The summed E-state index contributed by atoms with van der Waals surface area (Å²) in [7, 11) is 0. The molecule has 1 amide bonds. The SMILES string of the molecule is Cc1cnn(CCCNC(=O)c2nn(-c3ccccc3)c(=O)c3ccccc23)c1. The van der Waals surface area contributed by atoms with Gasteiger partial charge in [0.1, 0.15) is 0 Å². The fraction of sp³-hybridized carbons (Fsp3) is 0.182. The van der Waals surface area contributed by atoms with Gasteiger partial charge in [-0.2, -0.15) is 14.9 Å². The molecular formula is C22H21N5O2. The molecule has 0 radical (unpaired) electrons. The summed E-state index contributed by atoms with van der Waals surface area (Å²) >= 11 is 0. The zero-order valence-corrected chi connectivity index (χ0v) is 16.1. The Morgan fingerprint density at radius 2 is 1.76 bits per heavy atom. The van der Waals surface area contributed by atoms with Crippen molar-refractivity contribution in [3.8, 4) is 5.69 Å². The first-order chi connectivity index (χ1) is 14.1. The molecule has 4 rings (SSSR count). The second-order valence-electron chi connectivity index (χ2n) is 6.84. The van der Waals surface area contributed by atoms with Crippen LogP contribution < -0.4 is 10.9 Å². The van der Waals surface area contributed by atoms with Gasteiger partial charge in [0.15, 0.2) is 5.69 Å². The topological polar surface area (TPSA) is 81.8 Å². The van der Waals surface area contributed by atoms with Crippen molar-refractivity contribution in [3.63, 3.8) is 0 Å². The van der Waals surface area contributed by atoms with Crippen LogP contribution in [0, 0.1) is 6.92 Å². The number of rotatable bonds is 6. The van der Waals surface area contributed by atoms with Crippen LogP contribution in [0.5, 0.6) is 0 Å². The maximum Gasteiger partial charge on any atom is 0.279 e. The van der Waals surface area contributed by atoms with E-state index >= 15 is 0 Å². The molecule has 146 valence electrons. The Labute approximate surface area is 167 Å². The number of para-hydroxylation sites is 1. The number of benzene rings is 2. The predicted molar refractivity (Wildman–Crippen MR) is 111 cm³/mol. The van der Waals surface area contributed by atoms with Gasteiger partial charge < -0.3 is 5.32 Å². The number of nitrogens with one attached hydrogen (secondary N) is 1. The van der Waals surface area contributed by atoms with E-state index in [1.54, 1.807) is 42.6 Å². The van der Waals surface area contributed by atoms with E-state index in [1.807, 2.05) is 36.0 Å². The highest BCUT2D eigenvalue weighted by molar-refractivity contribution is 6.04. The molecule has 2 aromatic carbocycles. The monoisotopic (exact) mass is 387 g/mol. The minimum absolute atomic E-state index is 0.235. The Morgan fingerprint density at radius 3 is 2.48 bits per heavy atom. The number of fused-ring (bicyclic) bond motifs is 1. The first-order valence-electron chi connectivity index (χ1n) is 9.48. The van der Waals surface area contributed by atoms with Crippen molar-refractivity contribution in [1.82, 2.24) is 24.9 Å². The molecule has 0 bridgehead atoms. The number of amides is 1. The average Bonchev–Trinajstić information content (AvgIpc) is 3.17. The van der Waals surface area contributed by atoms with Gasteiger partial charge in [-0.15, -0.1) is 0 Å². The number of carbonyl (C=O) groups excluding carboxylic acids is 1. The number of aromatic nitrogens is 4. The molecular weight excluding hydrogens is 366 g/mol. The summed E-state index contributed by atoms with van der Waals surface area (Å²) in [5.41, 5.74) is 1.70. The third-order valence-corrected chi connectivity index (χ3v) is 4.63. The zero-order valence-electron chi connectivity index (χ0n) is 16.1. The lowest BCUT2D eigenvalue weighted by Gasteiger charge is -2.11. The summed E-state index contributed by atoms with van der Waals surface area (Å²) < 4.78 is 3.13. The van der Waals surface area contributed by atoms with E-state index in [9.17, 15) is 9.59 Å². The Kier molecular flexibility index (Phi) is 5.20. The van der Waals surface area contributed by atoms with E-state index < -0.39 is 0 Å². The molecule has 0 fully saturated rings. The minimum atomic E-state index is -0.303. The lowest BCUT2D eigenvalue weighted by atomic mass is 10.1. The van der Waals surface area contributed by atoms with Gasteiger partial charge in [-0.25, -0.2) is 0 Å².